The first kappa shape index (κ1) is 18.0. The number of aromatic nitrogens is 1. The van der Waals surface area contributed by atoms with Gasteiger partial charge >= 0.3 is 5.97 Å². The van der Waals surface area contributed by atoms with Gasteiger partial charge in [-0.3, -0.25) is 4.90 Å². The molecule has 1 aromatic heterocycles. The molecule has 0 saturated carbocycles. The van der Waals surface area contributed by atoms with E-state index in [9.17, 15) is 4.79 Å². The van der Waals surface area contributed by atoms with Crippen molar-refractivity contribution in [3.8, 4) is 0 Å². The van der Waals surface area contributed by atoms with Gasteiger partial charge in [0.25, 0.3) is 0 Å². The molecule has 1 atom stereocenters. The maximum absolute atomic E-state index is 10.9. The third kappa shape index (κ3) is 4.45. The van der Waals surface area contributed by atoms with Gasteiger partial charge in [0.1, 0.15) is 11.1 Å². The lowest BCUT2D eigenvalue weighted by molar-refractivity contribution is -0.0331. The van der Waals surface area contributed by atoms with Gasteiger partial charge < -0.3 is 9.84 Å². The number of thiazole rings is 1. The number of carboxylic acids is 1. The van der Waals surface area contributed by atoms with E-state index < -0.39 is 5.97 Å². The lowest BCUT2D eigenvalue weighted by Crippen LogP contribution is -2.37. The molecule has 1 aliphatic heterocycles. The smallest absolute Gasteiger partial charge is 0.335 e. The molecule has 1 fully saturated rings. The molecule has 1 aliphatic rings. The van der Waals surface area contributed by atoms with Gasteiger partial charge in [0, 0.05) is 30.4 Å². The zero-order chi connectivity index (χ0) is 18.0. The van der Waals surface area contributed by atoms with Gasteiger partial charge in [0.15, 0.2) is 0 Å². The quantitative estimate of drug-likeness (QED) is 0.900. The maximum Gasteiger partial charge on any atom is 0.335 e. The van der Waals surface area contributed by atoms with E-state index in [1.54, 1.807) is 23.5 Å². The number of rotatable bonds is 4. The molecule has 0 spiro atoms. The van der Waals surface area contributed by atoms with Crippen LogP contribution in [0.5, 0.6) is 0 Å². The SMILES string of the molecule is CC(C)(C)c1csc(C2CN(Cc3ccc(C(=O)O)cc3)CCO2)n1. The third-order valence-electron chi connectivity index (χ3n) is 4.32. The molecule has 1 aromatic carbocycles. The summed E-state index contributed by atoms with van der Waals surface area (Å²) in [7, 11) is 0. The average Bonchev–Trinajstić information content (AvgIpc) is 3.06. The molecular weight excluding hydrogens is 336 g/mol. The van der Waals surface area contributed by atoms with Gasteiger partial charge in [-0.1, -0.05) is 32.9 Å². The van der Waals surface area contributed by atoms with Gasteiger partial charge in [-0.2, -0.15) is 0 Å². The monoisotopic (exact) mass is 360 g/mol. The third-order valence-corrected chi connectivity index (χ3v) is 5.26. The Bertz CT molecular complexity index is 734. The first-order valence-electron chi connectivity index (χ1n) is 8.45. The molecule has 25 heavy (non-hydrogen) atoms. The zero-order valence-corrected chi connectivity index (χ0v) is 15.7. The zero-order valence-electron chi connectivity index (χ0n) is 14.9. The summed E-state index contributed by atoms with van der Waals surface area (Å²) in [5, 5.41) is 12.1. The van der Waals surface area contributed by atoms with Crippen molar-refractivity contribution in [3.05, 3.63) is 51.5 Å². The Morgan fingerprint density at radius 1 is 1.36 bits per heavy atom. The van der Waals surface area contributed by atoms with Crippen molar-refractivity contribution in [1.82, 2.24) is 9.88 Å². The van der Waals surface area contributed by atoms with Crippen molar-refractivity contribution in [2.45, 2.75) is 38.8 Å². The van der Waals surface area contributed by atoms with Crippen LogP contribution < -0.4 is 0 Å². The number of aromatic carboxylic acids is 1. The van der Waals surface area contributed by atoms with Crippen LogP contribution in [-0.4, -0.2) is 40.7 Å². The number of benzene rings is 1. The van der Waals surface area contributed by atoms with Gasteiger partial charge in [0.2, 0.25) is 0 Å². The molecule has 3 rings (SSSR count). The fourth-order valence-electron chi connectivity index (χ4n) is 2.79. The van der Waals surface area contributed by atoms with Crippen LogP contribution in [0.2, 0.25) is 0 Å². The molecular formula is C19H24N2O3S. The molecule has 2 aromatic rings. The summed E-state index contributed by atoms with van der Waals surface area (Å²) in [6.45, 7) is 9.65. The van der Waals surface area contributed by atoms with E-state index >= 15 is 0 Å². The first-order valence-corrected chi connectivity index (χ1v) is 9.33. The predicted octanol–water partition coefficient (Wildman–Crippen LogP) is 3.71. The van der Waals surface area contributed by atoms with E-state index in [-0.39, 0.29) is 11.5 Å². The van der Waals surface area contributed by atoms with E-state index in [0.717, 1.165) is 35.9 Å². The second-order valence-corrected chi connectivity index (χ2v) is 8.31. The first-order chi connectivity index (χ1) is 11.8. The van der Waals surface area contributed by atoms with Gasteiger partial charge in [-0.25, -0.2) is 9.78 Å². The second-order valence-electron chi connectivity index (χ2n) is 7.42. The highest BCUT2D eigenvalue weighted by Gasteiger charge is 2.26. The predicted molar refractivity (Wildman–Crippen MR) is 98.2 cm³/mol. The van der Waals surface area contributed by atoms with Crippen LogP contribution in [0.1, 0.15) is 53.5 Å². The summed E-state index contributed by atoms with van der Waals surface area (Å²) in [4.78, 5) is 18.1. The Balaban J connectivity index is 1.65. The fraction of sp³-hybridized carbons (Fsp3) is 0.474. The van der Waals surface area contributed by atoms with Crippen LogP contribution in [0.25, 0.3) is 0 Å². The van der Waals surface area contributed by atoms with Crippen molar-refractivity contribution >= 4 is 17.3 Å². The normalized spacial score (nSPS) is 19.1. The Morgan fingerprint density at radius 3 is 2.68 bits per heavy atom. The average molecular weight is 360 g/mol. The number of hydrogen-bond acceptors (Lipinski definition) is 5. The van der Waals surface area contributed by atoms with Crippen molar-refractivity contribution in [1.29, 1.82) is 0 Å². The highest BCUT2D eigenvalue weighted by atomic mass is 32.1. The molecule has 1 N–H and O–H groups in total. The molecule has 0 radical (unpaired) electrons. The Morgan fingerprint density at radius 2 is 2.08 bits per heavy atom. The minimum Gasteiger partial charge on any atom is -0.478 e. The summed E-state index contributed by atoms with van der Waals surface area (Å²) in [5.41, 5.74) is 2.59. The summed E-state index contributed by atoms with van der Waals surface area (Å²) in [6, 6.07) is 7.09. The topological polar surface area (TPSA) is 62.7 Å². The lowest BCUT2D eigenvalue weighted by atomic mass is 9.93. The Hall–Kier alpha value is -1.76. The highest BCUT2D eigenvalue weighted by molar-refractivity contribution is 7.09. The van der Waals surface area contributed by atoms with Crippen molar-refractivity contribution in [3.63, 3.8) is 0 Å². The Labute approximate surface area is 152 Å². The van der Waals surface area contributed by atoms with Gasteiger partial charge in [-0.15, -0.1) is 11.3 Å². The highest BCUT2D eigenvalue weighted by Crippen LogP contribution is 2.30. The van der Waals surface area contributed by atoms with E-state index in [2.05, 4.69) is 31.1 Å². The fourth-order valence-corrected chi connectivity index (χ4v) is 3.87. The van der Waals surface area contributed by atoms with E-state index in [1.807, 2.05) is 12.1 Å². The maximum atomic E-state index is 10.9. The number of morpholine rings is 1. The summed E-state index contributed by atoms with van der Waals surface area (Å²) >= 11 is 1.67. The number of hydrogen-bond donors (Lipinski definition) is 1. The molecule has 0 bridgehead atoms. The molecule has 0 aliphatic carbocycles. The number of carbonyl (C=O) groups is 1. The van der Waals surface area contributed by atoms with E-state index in [1.165, 1.54) is 0 Å². The summed E-state index contributed by atoms with van der Waals surface area (Å²) in [6.07, 6.45) is 0.00754. The molecule has 6 heteroatoms. The van der Waals surface area contributed by atoms with Crippen LogP contribution in [0.3, 0.4) is 0 Å². The second kappa shape index (κ2) is 7.23. The van der Waals surface area contributed by atoms with E-state index in [0.29, 0.717) is 12.2 Å². The molecule has 5 nitrogen and oxygen atoms in total. The van der Waals surface area contributed by atoms with Crippen LogP contribution in [-0.2, 0) is 16.7 Å². The minimum atomic E-state index is -0.892. The van der Waals surface area contributed by atoms with Gasteiger partial charge in [0.05, 0.1) is 17.9 Å². The van der Waals surface area contributed by atoms with Crippen molar-refractivity contribution < 1.29 is 14.6 Å². The summed E-state index contributed by atoms with van der Waals surface area (Å²) < 4.78 is 5.94. The molecule has 0 amide bonds. The standard InChI is InChI=1S/C19H24N2O3S/c1-19(2,3)16-12-25-17(20-16)15-11-21(8-9-24-15)10-13-4-6-14(7-5-13)18(22)23/h4-7,12,15H,8-11H2,1-3H3,(H,22,23). The van der Waals surface area contributed by atoms with Crippen molar-refractivity contribution in [2.24, 2.45) is 0 Å². The van der Waals surface area contributed by atoms with Crippen LogP contribution in [0, 0.1) is 0 Å². The van der Waals surface area contributed by atoms with E-state index in [4.69, 9.17) is 14.8 Å². The Kier molecular flexibility index (Phi) is 5.22. The molecule has 2 heterocycles. The van der Waals surface area contributed by atoms with Gasteiger partial charge in [-0.05, 0) is 17.7 Å². The molecule has 1 saturated heterocycles. The summed E-state index contributed by atoms with van der Waals surface area (Å²) in [5.74, 6) is -0.892. The number of carboxylic acid groups (broad SMARTS) is 1. The minimum absolute atomic E-state index is 0.00754. The number of ether oxygens (including phenoxy) is 1. The lowest BCUT2D eigenvalue weighted by Gasteiger charge is -2.32. The van der Waals surface area contributed by atoms with Crippen LogP contribution >= 0.6 is 11.3 Å². The van der Waals surface area contributed by atoms with Crippen molar-refractivity contribution in [2.75, 3.05) is 19.7 Å². The number of nitrogens with zero attached hydrogens (tertiary/aromatic N) is 2. The molecule has 1 unspecified atom stereocenters. The van der Waals surface area contributed by atoms with Crippen LogP contribution in [0.4, 0.5) is 0 Å². The largest absolute Gasteiger partial charge is 0.478 e. The molecule has 134 valence electrons. The van der Waals surface area contributed by atoms with Crippen LogP contribution in [0.15, 0.2) is 29.6 Å².